The Kier molecular flexibility index (Phi) is 8.77. The number of hydrogen-bond acceptors (Lipinski definition) is 3. The molecule has 0 spiro atoms. The van der Waals surface area contributed by atoms with Gasteiger partial charge in [0.2, 0.25) is 0 Å². The zero-order valence-electron chi connectivity index (χ0n) is 8.28. The molecule has 13 heavy (non-hydrogen) atoms. The van der Waals surface area contributed by atoms with Crippen LogP contribution >= 0.6 is 8.25 Å². The summed E-state index contributed by atoms with van der Waals surface area (Å²) in [6.45, 7) is 3.98. The molecule has 0 bridgehead atoms. The van der Waals surface area contributed by atoms with Crippen molar-refractivity contribution in [3.8, 4) is 0 Å². The van der Waals surface area contributed by atoms with Crippen LogP contribution in [0.5, 0.6) is 0 Å². The van der Waals surface area contributed by atoms with Crippen LogP contribution in [-0.4, -0.2) is 11.0 Å². The van der Waals surface area contributed by atoms with Crippen molar-refractivity contribution in [2.24, 2.45) is 0 Å². The molecule has 0 aliphatic rings. The molecule has 2 atom stereocenters. The van der Waals surface area contributed by atoms with Crippen molar-refractivity contribution >= 4 is 8.25 Å². The molecule has 0 amide bonds. The van der Waals surface area contributed by atoms with E-state index in [-0.39, 0.29) is 6.10 Å². The summed E-state index contributed by atoms with van der Waals surface area (Å²) >= 11 is 0. The van der Waals surface area contributed by atoms with Crippen molar-refractivity contribution in [3.63, 3.8) is 0 Å². The molecule has 0 heterocycles. The van der Waals surface area contributed by atoms with Crippen LogP contribution < -0.4 is 0 Å². The fraction of sp³-hybridized carbons (Fsp3) is 1.00. The van der Waals surface area contributed by atoms with E-state index in [1.165, 1.54) is 19.3 Å². The Bertz CT molecular complexity index is 140. The molecule has 0 aromatic heterocycles. The molecule has 5 heteroatoms. The molecule has 4 nitrogen and oxygen atoms in total. The van der Waals surface area contributed by atoms with Crippen molar-refractivity contribution in [3.05, 3.63) is 0 Å². The lowest BCUT2D eigenvalue weighted by atomic mass is 10.1. The Labute approximate surface area is 80.1 Å². The molecule has 0 rings (SSSR count). The minimum absolute atomic E-state index is 0.0991. The molecule has 80 valence electrons. The van der Waals surface area contributed by atoms with E-state index in [2.05, 4.69) is 16.5 Å². The van der Waals surface area contributed by atoms with Gasteiger partial charge in [-0.3, -0.25) is 4.57 Å². The second-order valence-corrected chi connectivity index (χ2v) is 3.80. The van der Waals surface area contributed by atoms with E-state index in [4.69, 9.17) is 4.89 Å². The summed E-state index contributed by atoms with van der Waals surface area (Å²) in [6, 6.07) is 0. The van der Waals surface area contributed by atoms with Crippen LogP contribution in [0.1, 0.15) is 46.0 Å². The normalized spacial score (nSPS) is 15.6. The average Bonchev–Trinajstić information content (AvgIpc) is 2.09. The Hall–Kier alpha value is 0.110. The Balaban J connectivity index is 3.19. The summed E-state index contributed by atoms with van der Waals surface area (Å²) < 4.78 is 14.3. The first-order valence-electron chi connectivity index (χ1n) is 4.73. The van der Waals surface area contributed by atoms with E-state index >= 15 is 0 Å². The fourth-order valence-electron chi connectivity index (χ4n) is 1.03. The summed E-state index contributed by atoms with van der Waals surface area (Å²) in [5.74, 6) is 0. The van der Waals surface area contributed by atoms with Crippen LogP contribution in [0.25, 0.3) is 0 Å². The van der Waals surface area contributed by atoms with Crippen molar-refractivity contribution in [2.45, 2.75) is 52.1 Å². The van der Waals surface area contributed by atoms with Gasteiger partial charge in [0, 0.05) is 0 Å². The first-order valence-corrected chi connectivity index (χ1v) is 5.99. The van der Waals surface area contributed by atoms with Crippen LogP contribution in [0.4, 0.5) is 0 Å². The number of unbranched alkanes of at least 4 members (excludes halogenated alkanes) is 3. The third-order valence-corrected chi connectivity index (χ3v) is 1.99. The first-order chi connectivity index (χ1) is 6.16. The molecule has 0 fully saturated rings. The SMILES string of the molecule is CCCCCCC(C)OO[PH](=O)O. The van der Waals surface area contributed by atoms with Gasteiger partial charge in [-0.1, -0.05) is 32.6 Å². The quantitative estimate of drug-likeness (QED) is 0.289. The second kappa shape index (κ2) is 8.70. The lowest BCUT2D eigenvalue weighted by molar-refractivity contribution is -0.242. The standard InChI is InChI=1S/C8H19O4P/c1-3-4-5-6-7-8(2)11-12-13(9)10/h8,13H,3-7H2,1-2H3,(H,9,10). The van der Waals surface area contributed by atoms with Crippen molar-refractivity contribution < 1.29 is 19.0 Å². The summed E-state index contributed by atoms with van der Waals surface area (Å²) in [5, 5.41) is 0. The molecule has 1 N–H and O–H groups in total. The summed E-state index contributed by atoms with van der Waals surface area (Å²) in [5.41, 5.74) is 0. The number of hydrogen-bond donors (Lipinski definition) is 1. The van der Waals surface area contributed by atoms with Crippen LogP contribution in [0.2, 0.25) is 0 Å². The molecule has 0 saturated carbocycles. The van der Waals surface area contributed by atoms with Gasteiger partial charge >= 0.3 is 8.25 Å². The zero-order chi connectivity index (χ0) is 10.1. The van der Waals surface area contributed by atoms with Gasteiger partial charge in [-0.05, 0) is 13.3 Å². The summed E-state index contributed by atoms with van der Waals surface area (Å²) in [7, 11) is -2.94. The molecule has 0 aromatic carbocycles. The highest BCUT2D eigenvalue weighted by molar-refractivity contribution is 7.31. The molecule has 0 radical (unpaired) electrons. The predicted molar refractivity (Wildman–Crippen MR) is 51.6 cm³/mol. The maximum Gasteiger partial charge on any atom is 0.344 e. The molecule has 2 unspecified atom stereocenters. The summed E-state index contributed by atoms with van der Waals surface area (Å²) in [6.07, 6.45) is 5.46. The van der Waals surface area contributed by atoms with Gasteiger partial charge in [0.15, 0.2) is 0 Å². The van der Waals surface area contributed by atoms with E-state index in [1.807, 2.05) is 6.92 Å². The first kappa shape index (κ1) is 13.1. The predicted octanol–water partition coefficient (Wildman–Crippen LogP) is 2.68. The van der Waals surface area contributed by atoms with E-state index < -0.39 is 8.25 Å². The molecule has 0 aromatic rings. The highest BCUT2D eigenvalue weighted by Gasteiger charge is 2.04. The van der Waals surface area contributed by atoms with Crippen molar-refractivity contribution in [1.82, 2.24) is 0 Å². The lowest BCUT2D eigenvalue weighted by Crippen LogP contribution is -2.05. The van der Waals surface area contributed by atoms with E-state index in [9.17, 15) is 4.57 Å². The largest absolute Gasteiger partial charge is 0.344 e. The summed E-state index contributed by atoms with van der Waals surface area (Å²) in [4.78, 5) is 13.0. The molecule has 0 saturated heterocycles. The third kappa shape index (κ3) is 10.0. The maximum absolute atomic E-state index is 10.1. The van der Waals surface area contributed by atoms with E-state index in [0.717, 1.165) is 12.8 Å². The van der Waals surface area contributed by atoms with Gasteiger partial charge in [-0.2, -0.15) is 4.67 Å². The van der Waals surface area contributed by atoms with Gasteiger partial charge in [0.05, 0.1) is 6.10 Å². The van der Waals surface area contributed by atoms with Crippen LogP contribution in [0, 0.1) is 0 Å². The average molecular weight is 210 g/mol. The van der Waals surface area contributed by atoms with Gasteiger partial charge < -0.3 is 4.89 Å². The zero-order valence-corrected chi connectivity index (χ0v) is 9.28. The van der Waals surface area contributed by atoms with Crippen LogP contribution in [-0.2, 0) is 14.1 Å². The van der Waals surface area contributed by atoms with E-state index in [1.54, 1.807) is 0 Å². The third-order valence-electron chi connectivity index (χ3n) is 1.75. The molecular weight excluding hydrogens is 191 g/mol. The topological polar surface area (TPSA) is 55.8 Å². The Morgan fingerprint density at radius 2 is 2.08 bits per heavy atom. The Morgan fingerprint density at radius 1 is 1.38 bits per heavy atom. The van der Waals surface area contributed by atoms with Crippen LogP contribution in [0.3, 0.4) is 0 Å². The second-order valence-electron chi connectivity index (χ2n) is 3.11. The minimum Gasteiger partial charge on any atom is -0.325 e. The van der Waals surface area contributed by atoms with Gasteiger partial charge in [0.25, 0.3) is 0 Å². The highest BCUT2D eigenvalue weighted by Crippen LogP contribution is 2.18. The Morgan fingerprint density at radius 3 is 2.62 bits per heavy atom. The molecule has 0 aliphatic heterocycles. The van der Waals surface area contributed by atoms with Gasteiger partial charge in [-0.25, -0.2) is 4.89 Å². The maximum atomic E-state index is 10.1. The monoisotopic (exact) mass is 210 g/mol. The van der Waals surface area contributed by atoms with Gasteiger partial charge in [0.1, 0.15) is 0 Å². The molecular formula is C8H19O4P. The smallest absolute Gasteiger partial charge is 0.325 e. The van der Waals surface area contributed by atoms with Crippen molar-refractivity contribution in [1.29, 1.82) is 0 Å². The minimum atomic E-state index is -2.94. The van der Waals surface area contributed by atoms with Crippen molar-refractivity contribution in [2.75, 3.05) is 0 Å². The highest BCUT2D eigenvalue weighted by atomic mass is 31.1. The van der Waals surface area contributed by atoms with E-state index in [0.29, 0.717) is 0 Å². The van der Waals surface area contributed by atoms with Crippen LogP contribution in [0.15, 0.2) is 0 Å². The fourth-order valence-corrected chi connectivity index (χ4v) is 1.28. The molecule has 0 aliphatic carbocycles. The lowest BCUT2D eigenvalue weighted by Gasteiger charge is -2.09. The number of rotatable bonds is 8. The van der Waals surface area contributed by atoms with Gasteiger partial charge in [-0.15, -0.1) is 0 Å².